The van der Waals surface area contributed by atoms with Gasteiger partial charge >= 0.3 is 0 Å². The SMILES string of the molecule is Cc1cc(C)cc(OCCCn2c(C(C)NC(=O)c3ccc(Cl)cc3)nc3ccccc32)c1. The number of hydrogen-bond donors (Lipinski definition) is 1. The lowest BCUT2D eigenvalue weighted by Crippen LogP contribution is -2.28. The highest BCUT2D eigenvalue weighted by molar-refractivity contribution is 6.30. The predicted molar refractivity (Wildman–Crippen MR) is 133 cm³/mol. The van der Waals surface area contributed by atoms with E-state index in [2.05, 4.69) is 48.0 Å². The van der Waals surface area contributed by atoms with Gasteiger partial charge in [-0.25, -0.2) is 4.98 Å². The van der Waals surface area contributed by atoms with Crippen LogP contribution < -0.4 is 10.1 Å². The van der Waals surface area contributed by atoms with E-state index in [4.69, 9.17) is 21.3 Å². The largest absolute Gasteiger partial charge is 0.494 e. The standard InChI is InChI=1S/C27H28ClN3O2/c1-18-15-19(2)17-23(16-18)33-14-6-13-31-25-8-5-4-7-24(25)30-26(31)20(3)29-27(32)21-9-11-22(28)12-10-21/h4-5,7-12,15-17,20H,6,13-14H2,1-3H3,(H,29,32). The number of rotatable bonds is 8. The number of nitrogens with zero attached hydrogens (tertiary/aromatic N) is 2. The van der Waals surface area contributed by atoms with Crippen LogP contribution in [-0.4, -0.2) is 22.1 Å². The lowest BCUT2D eigenvalue weighted by atomic mass is 10.1. The number of ether oxygens (including phenoxy) is 1. The van der Waals surface area contributed by atoms with Gasteiger partial charge in [-0.15, -0.1) is 0 Å². The molecule has 4 aromatic rings. The first kappa shape index (κ1) is 22.9. The average molecular weight is 462 g/mol. The van der Waals surface area contributed by atoms with Gasteiger partial charge < -0.3 is 14.6 Å². The maximum Gasteiger partial charge on any atom is 0.251 e. The highest BCUT2D eigenvalue weighted by atomic mass is 35.5. The number of carbonyl (C=O) groups excluding carboxylic acids is 1. The molecule has 1 heterocycles. The van der Waals surface area contributed by atoms with E-state index in [0.29, 0.717) is 17.2 Å². The van der Waals surface area contributed by atoms with Crippen LogP contribution in [0.2, 0.25) is 5.02 Å². The second-order valence-corrected chi connectivity index (χ2v) is 8.77. The van der Waals surface area contributed by atoms with Gasteiger partial charge in [0.15, 0.2) is 0 Å². The summed E-state index contributed by atoms with van der Waals surface area (Å²) < 4.78 is 8.17. The number of aromatic nitrogens is 2. The molecule has 1 atom stereocenters. The first-order valence-corrected chi connectivity index (χ1v) is 11.5. The van der Waals surface area contributed by atoms with Gasteiger partial charge in [0.2, 0.25) is 0 Å². The molecule has 1 N–H and O–H groups in total. The molecule has 0 aliphatic heterocycles. The van der Waals surface area contributed by atoms with Crippen LogP contribution in [0.15, 0.2) is 66.7 Å². The Balaban J connectivity index is 1.47. The average Bonchev–Trinajstić information content (AvgIpc) is 3.15. The summed E-state index contributed by atoms with van der Waals surface area (Å²) in [5.41, 5.74) is 4.91. The second kappa shape index (κ2) is 10.1. The van der Waals surface area contributed by atoms with E-state index < -0.39 is 0 Å². The minimum atomic E-state index is -0.263. The number of benzene rings is 3. The Morgan fingerprint density at radius 1 is 1.06 bits per heavy atom. The van der Waals surface area contributed by atoms with Crippen LogP contribution in [0.25, 0.3) is 11.0 Å². The zero-order chi connectivity index (χ0) is 23.4. The molecule has 0 saturated carbocycles. The summed E-state index contributed by atoms with van der Waals surface area (Å²) >= 11 is 5.94. The Labute approximate surface area is 199 Å². The zero-order valence-corrected chi connectivity index (χ0v) is 19.9. The molecule has 1 amide bonds. The van der Waals surface area contributed by atoms with Gasteiger partial charge in [-0.2, -0.15) is 0 Å². The van der Waals surface area contributed by atoms with Crippen molar-refractivity contribution in [1.82, 2.24) is 14.9 Å². The molecule has 33 heavy (non-hydrogen) atoms. The lowest BCUT2D eigenvalue weighted by Gasteiger charge is -2.17. The number of fused-ring (bicyclic) bond motifs is 1. The number of hydrogen-bond acceptors (Lipinski definition) is 3. The van der Waals surface area contributed by atoms with E-state index in [0.717, 1.165) is 35.6 Å². The van der Waals surface area contributed by atoms with Crippen LogP contribution in [0, 0.1) is 13.8 Å². The third-order valence-electron chi connectivity index (χ3n) is 5.52. The second-order valence-electron chi connectivity index (χ2n) is 8.34. The van der Waals surface area contributed by atoms with Crippen LogP contribution in [0.5, 0.6) is 5.75 Å². The van der Waals surface area contributed by atoms with Crippen LogP contribution in [-0.2, 0) is 6.54 Å². The third kappa shape index (κ3) is 5.55. The van der Waals surface area contributed by atoms with Crippen molar-refractivity contribution in [2.45, 2.75) is 39.8 Å². The maximum absolute atomic E-state index is 12.7. The van der Waals surface area contributed by atoms with Gasteiger partial charge in [-0.05, 0) is 86.8 Å². The number of para-hydroxylation sites is 2. The van der Waals surface area contributed by atoms with Crippen molar-refractivity contribution >= 4 is 28.5 Å². The first-order valence-electron chi connectivity index (χ1n) is 11.1. The van der Waals surface area contributed by atoms with Crippen molar-refractivity contribution in [3.8, 4) is 5.75 Å². The number of nitrogens with one attached hydrogen (secondary N) is 1. The van der Waals surface area contributed by atoms with Crippen LogP contribution in [0.4, 0.5) is 0 Å². The van der Waals surface area contributed by atoms with Gasteiger partial charge in [-0.1, -0.05) is 29.8 Å². The lowest BCUT2D eigenvalue weighted by molar-refractivity contribution is 0.0937. The molecule has 0 spiro atoms. The summed E-state index contributed by atoms with van der Waals surface area (Å²) in [4.78, 5) is 17.5. The Kier molecular flexibility index (Phi) is 6.99. The van der Waals surface area contributed by atoms with Gasteiger partial charge in [0.1, 0.15) is 11.6 Å². The van der Waals surface area contributed by atoms with Crippen LogP contribution in [0.1, 0.15) is 46.7 Å². The van der Waals surface area contributed by atoms with E-state index in [-0.39, 0.29) is 11.9 Å². The molecule has 5 nitrogen and oxygen atoms in total. The molecule has 0 bridgehead atoms. The number of carbonyl (C=O) groups is 1. The quantitative estimate of drug-likeness (QED) is 0.315. The smallest absolute Gasteiger partial charge is 0.251 e. The maximum atomic E-state index is 12.7. The molecule has 0 aliphatic rings. The van der Waals surface area contributed by atoms with Crippen LogP contribution >= 0.6 is 11.6 Å². The number of aryl methyl sites for hydroxylation is 3. The van der Waals surface area contributed by atoms with E-state index in [9.17, 15) is 4.79 Å². The topological polar surface area (TPSA) is 56.1 Å². The summed E-state index contributed by atoms with van der Waals surface area (Å²) in [5.74, 6) is 1.56. The number of imidazole rings is 1. The van der Waals surface area contributed by atoms with Crippen LogP contribution in [0.3, 0.4) is 0 Å². The van der Waals surface area contributed by atoms with Crippen molar-refractivity contribution in [2.75, 3.05) is 6.61 Å². The molecule has 3 aromatic carbocycles. The fourth-order valence-electron chi connectivity index (χ4n) is 4.03. The molecule has 6 heteroatoms. The molecule has 1 aromatic heterocycles. The molecule has 170 valence electrons. The summed E-state index contributed by atoms with van der Waals surface area (Å²) in [6, 6.07) is 20.9. The van der Waals surface area contributed by atoms with E-state index in [1.165, 1.54) is 11.1 Å². The summed E-state index contributed by atoms with van der Waals surface area (Å²) in [6.07, 6.45) is 0.818. The molecule has 0 radical (unpaired) electrons. The normalized spacial score (nSPS) is 12.0. The Morgan fingerprint density at radius 2 is 1.76 bits per heavy atom. The fourth-order valence-corrected chi connectivity index (χ4v) is 4.16. The minimum absolute atomic E-state index is 0.157. The van der Waals surface area contributed by atoms with Gasteiger partial charge in [-0.3, -0.25) is 4.79 Å². The summed E-state index contributed by atoms with van der Waals surface area (Å²) in [5, 5.41) is 3.67. The fraction of sp³-hybridized carbons (Fsp3) is 0.259. The third-order valence-corrected chi connectivity index (χ3v) is 5.77. The zero-order valence-electron chi connectivity index (χ0n) is 19.1. The molecule has 1 unspecified atom stereocenters. The Morgan fingerprint density at radius 3 is 2.48 bits per heavy atom. The van der Waals surface area contributed by atoms with E-state index in [1.54, 1.807) is 24.3 Å². The van der Waals surface area contributed by atoms with E-state index >= 15 is 0 Å². The monoisotopic (exact) mass is 461 g/mol. The first-order chi connectivity index (χ1) is 15.9. The van der Waals surface area contributed by atoms with Crippen molar-refractivity contribution in [3.05, 3.63) is 94.3 Å². The molecular formula is C27H28ClN3O2. The molecule has 0 aliphatic carbocycles. The predicted octanol–water partition coefficient (Wildman–Crippen LogP) is 6.27. The van der Waals surface area contributed by atoms with Gasteiger partial charge in [0.05, 0.1) is 23.7 Å². The van der Waals surface area contributed by atoms with Crippen molar-refractivity contribution in [1.29, 1.82) is 0 Å². The molecule has 4 rings (SSSR count). The molecular weight excluding hydrogens is 434 g/mol. The van der Waals surface area contributed by atoms with Crippen molar-refractivity contribution < 1.29 is 9.53 Å². The summed E-state index contributed by atoms with van der Waals surface area (Å²) in [6.45, 7) is 7.44. The van der Waals surface area contributed by atoms with Crippen molar-refractivity contribution in [2.24, 2.45) is 0 Å². The van der Waals surface area contributed by atoms with Gasteiger partial charge in [0.25, 0.3) is 5.91 Å². The van der Waals surface area contributed by atoms with Crippen molar-refractivity contribution in [3.63, 3.8) is 0 Å². The molecule has 0 fully saturated rings. The molecule has 0 saturated heterocycles. The number of halogens is 1. The van der Waals surface area contributed by atoms with E-state index in [1.807, 2.05) is 25.1 Å². The highest BCUT2D eigenvalue weighted by Gasteiger charge is 2.19. The van der Waals surface area contributed by atoms with Gasteiger partial charge in [0, 0.05) is 17.1 Å². The minimum Gasteiger partial charge on any atom is -0.494 e. The Bertz CT molecular complexity index is 1240. The Hall–Kier alpha value is -3.31. The summed E-state index contributed by atoms with van der Waals surface area (Å²) in [7, 11) is 0. The highest BCUT2D eigenvalue weighted by Crippen LogP contribution is 2.22. The number of amides is 1.